The minimum atomic E-state index is -1.69. The van der Waals surface area contributed by atoms with E-state index >= 15 is 0 Å². The molecule has 5 N–H and O–H groups in total. The molecule has 0 aromatic carbocycles. The summed E-state index contributed by atoms with van der Waals surface area (Å²) in [5.74, 6) is -4.34. The fourth-order valence-corrected chi connectivity index (χ4v) is 5.96. The summed E-state index contributed by atoms with van der Waals surface area (Å²) in [6.07, 6.45) is -6.05. The van der Waals surface area contributed by atoms with Gasteiger partial charge in [0.25, 0.3) is 0 Å². The second-order valence-corrected chi connectivity index (χ2v) is 10.5. The maximum atomic E-state index is 13.4. The van der Waals surface area contributed by atoms with Gasteiger partial charge in [-0.05, 0) is 18.4 Å². The quantitative estimate of drug-likeness (QED) is 0.121. The van der Waals surface area contributed by atoms with Crippen molar-refractivity contribution in [2.45, 2.75) is 69.2 Å². The molecule has 228 valence electrons. The van der Waals surface area contributed by atoms with E-state index in [4.69, 9.17) is 23.7 Å². The summed E-state index contributed by atoms with van der Waals surface area (Å²) in [5, 5.41) is 50.4. The fraction of sp³-hybridized carbons (Fsp3) is 0.667. The third-order valence-corrected chi connectivity index (χ3v) is 8.26. The molecule has 1 aliphatic carbocycles. The van der Waals surface area contributed by atoms with Crippen LogP contribution in [0.4, 0.5) is 0 Å². The number of carbonyl (C=O) groups excluding carboxylic acids is 3. The normalized spacial score (nSPS) is 42.0. The van der Waals surface area contributed by atoms with Crippen molar-refractivity contribution >= 4 is 18.2 Å². The first-order valence-corrected chi connectivity index (χ1v) is 13.3. The summed E-state index contributed by atoms with van der Waals surface area (Å²) in [5.41, 5.74) is 0.0281. The molecule has 1 saturated carbocycles. The first kappa shape index (κ1) is 31.1. The van der Waals surface area contributed by atoms with Crippen LogP contribution in [-0.2, 0) is 42.8 Å². The van der Waals surface area contributed by atoms with Crippen molar-refractivity contribution in [1.82, 2.24) is 0 Å². The molecule has 41 heavy (non-hydrogen) atoms. The van der Waals surface area contributed by atoms with Gasteiger partial charge in [-0.1, -0.05) is 13.0 Å². The average Bonchev–Trinajstić information content (AvgIpc) is 3.27. The largest absolute Gasteiger partial charge is 0.471 e. The molecule has 0 unspecified atom stereocenters. The van der Waals surface area contributed by atoms with Crippen molar-refractivity contribution in [2.24, 2.45) is 29.6 Å². The molecule has 13 atom stereocenters. The van der Waals surface area contributed by atoms with Gasteiger partial charge in [0, 0.05) is 30.1 Å². The molecule has 0 radical (unpaired) electrons. The van der Waals surface area contributed by atoms with Crippen LogP contribution in [0.25, 0.3) is 0 Å². The molecule has 4 rings (SSSR count). The number of hydrogen-bond donors (Lipinski definition) is 5. The Labute approximate surface area is 235 Å². The third-order valence-electron chi connectivity index (χ3n) is 8.26. The van der Waals surface area contributed by atoms with Crippen LogP contribution in [-0.4, -0.2) is 107 Å². The van der Waals surface area contributed by atoms with Crippen molar-refractivity contribution in [1.29, 1.82) is 0 Å². The number of aldehydes is 1. The molecule has 0 bridgehead atoms. The summed E-state index contributed by atoms with van der Waals surface area (Å²) in [6, 6.07) is 0. The second kappa shape index (κ2) is 13.0. The van der Waals surface area contributed by atoms with Gasteiger partial charge in [0.1, 0.15) is 36.8 Å². The van der Waals surface area contributed by atoms with Gasteiger partial charge < -0.3 is 58.7 Å². The summed E-state index contributed by atoms with van der Waals surface area (Å²) in [7, 11) is 1.19. The van der Waals surface area contributed by atoms with Gasteiger partial charge in [-0.3, -0.25) is 0 Å². The first-order valence-electron chi connectivity index (χ1n) is 13.3. The molecular formula is C27H36O14. The topological polar surface area (TPSA) is 208 Å². The maximum absolute atomic E-state index is 13.4. The number of fused-ring (bicyclic) bond motifs is 1. The number of aliphatic hydroxyl groups is 5. The van der Waals surface area contributed by atoms with Crippen LogP contribution in [0, 0.1) is 29.6 Å². The molecule has 1 saturated heterocycles. The number of carbonyl (C=O) groups is 3. The second-order valence-electron chi connectivity index (χ2n) is 10.5. The molecule has 2 fully saturated rings. The van der Waals surface area contributed by atoms with E-state index < -0.39 is 85.7 Å². The first-order chi connectivity index (χ1) is 19.6. The van der Waals surface area contributed by atoms with E-state index in [2.05, 4.69) is 11.3 Å². The molecule has 0 aromatic rings. The van der Waals surface area contributed by atoms with Gasteiger partial charge >= 0.3 is 11.9 Å². The molecule has 0 spiro atoms. The smallest absolute Gasteiger partial charge is 0.373 e. The number of aliphatic hydroxyl groups excluding tert-OH is 5. The Morgan fingerprint density at radius 1 is 1.12 bits per heavy atom. The zero-order valence-corrected chi connectivity index (χ0v) is 22.6. The van der Waals surface area contributed by atoms with Crippen LogP contribution in [0.2, 0.25) is 0 Å². The fourth-order valence-electron chi connectivity index (χ4n) is 5.96. The number of hydrogen-bond acceptors (Lipinski definition) is 14. The summed E-state index contributed by atoms with van der Waals surface area (Å²) in [6.45, 7) is 4.89. The maximum Gasteiger partial charge on any atom is 0.373 e. The average molecular weight is 585 g/mol. The number of esters is 2. The lowest BCUT2D eigenvalue weighted by molar-refractivity contribution is -0.339. The van der Waals surface area contributed by atoms with Crippen molar-refractivity contribution in [3.8, 4) is 0 Å². The highest BCUT2D eigenvalue weighted by atomic mass is 16.8. The molecule has 4 aliphatic rings. The lowest BCUT2D eigenvalue weighted by Gasteiger charge is -2.43. The highest BCUT2D eigenvalue weighted by Gasteiger charge is 2.51. The van der Waals surface area contributed by atoms with Crippen molar-refractivity contribution in [3.63, 3.8) is 0 Å². The highest BCUT2D eigenvalue weighted by molar-refractivity contribution is 5.89. The monoisotopic (exact) mass is 584 g/mol. The number of ether oxygens (including phenoxy) is 6. The van der Waals surface area contributed by atoms with Gasteiger partial charge in [0.2, 0.25) is 18.3 Å². The summed E-state index contributed by atoms with van der Waals surface area (Å²) < 4.78 is 32.5. The minimum absolute atomic E-state index is 0.0281. The lowest BCUT2D eigenvalue weighted by Crippen LogP contribution is -2.60. The third kappa shape index (κ3) is 6.04. The van der Waals surface area contributed by atoms with E-state index in [1.54, 1.807) is 13.0 Å². The summed E-state index contributed by atoms with van der Waals surface area (Å²) in [4.78, 5) is 36.9. The van der Waals surface area contributed by atoms with Crippen molar-refractivity contribution < 1.29 is 68.3 Å². The van der Waals surface area contributed by atoms with Gasteiger partial charge in [-0.25, -0.2) is 9.59 Å². The summed E-state index contributed by atoms with van der Waals surface area (Å²) >= 11 is 0. The molecule has 14 heteroatoms. The van der Waals surface area contributed by atoms with Crippen LogP contribution in [0.1, 0.15) is 19.8 Å². The van der Waals surface area contributed by atoms with Gasteiger partial charge in [-0.2, -0.15) is 0 Å². The molecule has 0 aromatic heterocycles. The number of rotatable bonds is 9. The van der Waals surface area contributed by atoms with E-state index in [0.717, 1.165) is 6.26 Å². The van der Waals surface area contributed by atoms with Crippen molar-refractivity contribution in [3.05, 3.63) is 36.3 Å². The predicted octanol–water partition coefficient (Wildman–Crippen LogP) is -1.36. The molecule has 0 amide bonds. The highest BCUT2D eigenvalue weighted by Crippen LogP contribution is 2.46. The Kier molecular flexibility index (Phi) is 9.85. The van der Waals surface area contributed by atoms with Crippen LogP contribution < -0.4 is 0 Å². The van der Waals surface area contributed by atoms with E-state index in [9.17, 15) is 39.9 Å². The van der Waals surface area contributed by atoms with Crippen LogP contribution in [0.5, 0.6) is 0 Å². The Morgan fingerprint density at radius 3 is 2.49 bits per heavy atom. The van der Waals surface area contributed by atoms with Gasteiger partial charge in [0.15, 0.2) is 6.29 Å². The zero-order valence-electron chi connectivity index (χ0n) is 22.6. The molecular weight excluding hydrogens is 548 g/mol. The Hall–Kier alpha value is -2.85. The Balaban J connectivity index is 1.49. The van der Waals surface area contributed by atoms with E-state index in [1.165, 1.54) is 13.2 Å². The Bertz CT molecular complexity index is 1050. The SMILES string of the molecule is C=C[C@H]1[C@H](O[C@@H]2O[C@H](CO)[C@@H](O)[C@H](O)[C@H]2O)OC=C(C(=O)O[C@@H]2C[C@@H]3C=C(C(=O)OC)O[C@@H](O)[C@@H]3[C@H]2C)[C@H]1CC=O. The molecule has 3 aliphatic heterocycles. The lowest BCUT2D eigenvalue weighted by atomic mass is 9.82. The standard InChI is InChI=1S/C27H36O14/c1-4-13-14(5-6-28)15(10-37-26(13)41-27-22(32)21(31)20(30)18(9-29)40-27)23(33)38-16-7-12-8-17(24(34)36-3)39-25(35)19(12)11(16)2/h4,6,8,10-14,16,18-22,25-27,29-32,35H,1,5,7,9H2,2-3H3/t11-,12+,13+,14-,16+,18+,19+,20+,21-,22+,25+,26-,27-/m0/s1. The van der Waals surface area contributed by atoms with E-state index in [0.29, 0.717) is 12.7 Å². The van der Waals surface area contributed by atoms with Crippen LogP contribution >= 0.6 is 0 Å². The van der Waals surface area contributed by atoms with Gasteiger partial charge in [-0.15, -0.1) is 6.58 Å². The number of allylic oxidation sites excluding steroid dienone is 1. The number of methoxy groups -OCH3 is 1. The molecule has 14 nitrogen and oxygen atoms in total. The predicted molar refractivity (Wildman–Crippen MR) is 133 cm³/mol. The molecule has 3 heterocycles. The minimum Gasteiger partial charge on any atom is -0.471 e. The van der Waals surface area contributed by atoms with E-state index in [-0.39, 0.29) is 29.6 Å². The zero-order chi connectivity index (χ0) is 30.0. The Morgan fingerprint density at radius 2 is 1.85 bits per heavy atom. The van der Waals surface area contributed by atoms with E-state index in [1.807, 2.05) is 0 Å². The van der Waals surface area contributed by atoms with Crippen LogP contribution in [0.3, 0.4) is 0 Å². The van der Waals surface area contributed by atoms with Crippen LogP contribution in [0.15, 0.2) is 36.3 Å². The van der Waals surface area contributed by atoms with Crippen molar-refractivity contribution in [2.75, 3.05) is 13.7 Å². The van der Waals surface area contributed by atoms with Gasteiger partial charge in [0.05, 0.1) is 25.6 Å².